The lowest BCUT2D eigenvalue weighted by Crippen LogP contribution is -2.42. The van der Waals surface area contributed by atoms with Crippen LogP contribution < -0.4 is 10.1 Å². The first-order valence-corrected chi connectivity index (χ1v) is 8.05. The minimum absolute atomic E-state index is 0. The number of nitrogens with one attached hydrogen (secondary N) is 1. The number of ether oxygens (including phenoxy) is 1. The van der Waals surface area contributed by atoms with Crippen LogP contribution in [0.3, 0.4) is 0 Å². The molecule has 1 saturated heterocycles. The largest absolute Gasteiger partial charge is 0.494 e. The molecule has 1 atom stereocenters. The van der Waals surface area contributed by atoms with Crippen LogP contribution in [0.25, 0.3) is 0 Å². The number of carboxylic acid groups (broad SMARTS) is 1. The quantitative estimate of drug-likeness (QED) is 0.745. The van der Waals surface area contributed by atoms with Crippen molar-refractivity contribution in [2.24, 2.45) is 0 Å². The number of rotatable bonds is 8. The Morgan fingerprint density at radius 1 is 1.42 bits per heavy atom. The lowest BCUT2D eigenvalue weighted by Gasteiger charge is -2.20. The molecule has 1 amide bonds. The molecule has 24 heavy (non-hydrogen) atoms. The number of nitrogens with zero attached hydrogens (tertiary/aromatic N) is 1. The van der Waals surface area contributed by atoms with E-state index in [4.69, 9.17) is 9.84 Å². The fraction of sp³-hybridized carbons (Fsp3) is 0.529. The molecule has 0 aromatic heterocycles. The normalized spacial score (nSPS) is 17.1. The van der Waals surface area contributed by atoms with Crippen LogP contribution in [0.2, 0.25) is 0 Å². The Kier molecular flexibility index (Phi) is 8.57. The van der Waals surface area contributed by atoms with Crippen molar-refractivity contribution in [2.75, 3.05) is 19.7 Å². The molecule has 1 aliphatic heterocycles. The molecule has 2 N–H and O–H groups in total. The molecule has 2 rings (SSSR count). The van der Waals surface area contributed by atoms with Crippen LogP contribution in [0, 0.1) is 0 Å². The summed E-state index contributed by atoms with van der Waals surface area (Å²) in [7, 11) is 0. The Hall–Kier alpha value is -1.79. The van der Waals surface area contributed by atoms with Crippen LogP contribution in [-0.4, -0.2) is 47.6 Å². The number of amides is 1. The molecular weight excluding hydrogens is 332 g/mol. The van der Waals surface area contributed by atoms with Crippen LogP contribution in [0.4, 0.5) is 0 Å². The number of halogens is 1. The molecule has 1 heterocycles. The van der Waals surface area contributed by atoms with E-state index >= 15 is 0 Å². The smallest absolute Gasteiger partial charge is 0.320 e. The first kappa shape index (κ1) is 20.3. The predicted octanol–water partition coefficient (Wildman–Crippen LogP) is 2.06. The lowest BCUT2D eigenvalue weighted by molar-refractivity contribution is -0.142. The van der Waals surface area contributed by atoms with E-state index in [2.05, 4.69) is 5.32 Å². The zero-order valence-corrected chi connectivity index (χ0v) is 14.7. The number of likely N-dealkylation sites (tertiary alicyclic amines) is 1. The number of carboxylic acids is 1. The molecule has 1 aromatic carbocycles. The minimum Gasteiger partial charge on any atom is -0.494 e. The molecule has 1 aromatic rings. The van der Waals surface area contributed by atoms with E-state index in [1.165, 1.54) is 0 Å². The van der Waals surface area contributed by atoms with E-state index in [1.807, 2.05) is 31.2 Å². The monoisotopic (exact) mass is 356 g/mol. The van der Waals surface area contributed by atoms with Crippen LogP contribution in [0.5, 0.6) is 5.75 Å². The standard InChI is InChI=1S/C17H24N2O4.ClH/c1-2-9-23-14-6-3-5-13(10-14)11-18-16(20)12-19-8-4-7-15(19)17(21)22;/h3,5-6,10,15H,2,4,7-9,11-12H2,1H3,(H,18,20)(H,21,22);1H. The van der Waals surface area contributed by atoms with Crippen LogP contribution in [0.15, 0.2) is 24.3 Å². The highest BCUT2D eigenvalue weighted by Crippen LogP contribution is 2.17. The Bertz CT molecular complexity index is 553. The number of hydrogen-bond acceptors (Lipinski definition) is 4. The maximum absolute atomic E-state index is 12.0. The Morgan fingerprint density at radius 2 is 2.21 bits per heavy atom. The summed E-state index contributed by atoms with van der Waals surface area (Å²) in [6.07, 6.45) is 2.38. The summed E-state index contributed by atoms with van der Waals surface area (Å²) in [5.41, 5.74) is 0.961. The van der Waals surface area contributed by atoms with Gasteiger partial charge < -0.3 is 15.2 Å². The Morgan fingerprint density at radius 3 is 2.92 bits per heavy atom. The third-order valence-corrected chi connectivity index (χ3v) is 3.86. The van der Waals surface area contributed by atoms with Gasteiger partial charge in [0, 0.05) is 6.54 Å². The third-order valence-electron chi connectivity index (χ3n) is 3.86. The van der Waals surface area contributed by atoms with Crippen molar-refractivity contribution in [3.63, 3.8) is 0 Å². The summed E-state index contributed by atoms with van der Waals surface area (Å²) < 4.78 is 5.56. The van der Waals surface area contributed by atoms with E-state index in [1.54, 1.807) is 4.90 Å². The summed E-state index contributed by atoms with van der Waals surface area (Å²) in [5.74, 6) is -0.210. The first-order valence-electron chi connectivity index (χ1n) is 8.05. The van der Waals surface area contributed by atoms with Crippen molar-refractivity contribution in [3.8, 4) is 5.75 Å². The second-order valence-corrected chi connectivity index (χ2v) is 5.74. The molecular formula is C17H25ClN2O4. The maximum atomic E-state index is 12.0. The van der Waals surface area contributed by atoms with Crippen molar-refractivity contribution in [3.05, 3.63) is 29.8 Å². The van der Waals surface area contributed by atoms with Crippen molar-refractivity contribution in [2.45, 2.75) is 38.8 Å². The number of hydrogen-bond donors (Lipinski definition) is 2. The van der Waals surface area contributed by atoms with Gasteiger partial charge in [-0.15, -0.1) is 12.4 Å². The fourth-order valence-corrected chi connectivity index (χ4v) is 2.70. The van der Waals surface area contributed by atoms with E-state index in [0.29, 0.717) is 26.1 Å². The van der Waals surface area contributed by atoms with Crippen molar-refractivity contribution in [1.82, 2.24) is 10.2 Å². The van der Waals surface area contributed by atoms with Gasteiger partial charge in [0.15, 0.2) is 0 Å². The summed E-state index contributed by atoms with van der Waals surface area (Å²) >= 11 is 0. The number of benzene rings is 1. The van der Waals surface area contributed by atoms with Crippen LogP contribution in [-0.2, 0) is 16.1 Å². The molecule has 1 aliphatic rings. The van der Waals surface area contributed by atoms with Crippen molar-refractivity contribution in [1.29, 1.82) is 0 Å². The molecule has 134 valence electrons. The lowest BCUT2D eigenvalue weighted by atomic mass is 10.2. The van der Waals surface area contributed by atoms with Gasteiger partial charge in [0.25, 0.3) is 0 Å². The van der Waals surface area contributed by atoms with Crippen LogP contribution >= 0.6 is 12.4 Å². The van der Waals surface area contributed by atoms with Gasteiger partial charge in [0.1, 0.15) is 11.8 Å². The van der Waals surface area contributed by atoms with Gasteiger partial charge in [-0.05, 0) is 43.5 Å². The number of aliphatic carboxylic acids is 1. The van der Waals surface area contributed by atoms with Gasteiger partial charge in [-0.2, -0.15) is 0 Å². The molecule has 0 bridgehead atoms. The number of carbonyl (C=O) groups excluding carboxylic acids is 1. The highest BCUT2D eigenvalue weighted by atomic mass is 35.5. The summed E-state index contributed by atoms with van der Waals surface area (Å²) in [6, 6.07) is 7.09. The maximum Gasteiger partial charge on any atom is 0.320 e. The van der Waals surface area contributed by atoms with Crippen LogP contribution in [0.1, 0.15) is 31.7 Å². The van der Waals surface area contributed by atoms with Gasteiger partial charge in [-0.3, -0.25) is 14.5 Å². The second kappa shape index (κ2) is 10.2. The van der Waals surface area contributed by atoms with E-state index < -0.39 is 12.0 Å². The topological polar surface area (TPSA) is 78.9 Å². The Balaban J connectivity index is 0.00000288. The van der Waals surface area contributed by atoms with Gasteiger partial charge >= 0.3 is 5.97 Å². The van der Waals surface area contributed by atoms with Gasteiger partial charge in [0.2, 0.25) is 5.91 Å². The third kappa shape index (κ3) is 6.02. The molecule has 0 radical (unpaired) electrons. The average molecular weight is 357 g/mol. The minimum atomic E-state index is -0.851. The molecule has 0 saturated carbocycles. The zero-order valence-electron chi connectivity index (χ0n) is 13.9. The predicted molar refractivity (Wildman–Crippen MR) is 93.6 cm³/mol. The van der Waals surface area contributed by atoms with E-state index in [-0.39, 0.29) is 24.9 Å². The van der Waals surface area contributed by atoms with E-state index in [0.717, 1.165) is 24.2 Å². The van der Waals surface area contributed by atoms with E-state index in [9.17, 15) is 9.59 Å². The molecule has 6 nitrogen and oxygen atoms in total. The molecule has 7 heteroatoms. The highest BCUT2D eigenvalue weighted by Gasteiger charge is 2.31. The van der Waals surface area contributed by atoms with Crippen molar-refractivity contribution < 1.29 is 19.4 Å². The van der Waals surface area contributed by atoms with Gasteiger partial charge in [0.05, 0.1) is 13.2 Å². The Labute approximate surface area is 148 Å². The van der Waals surface area contributed by atoms with Gasteiger partial charge in [-0.25, -0.2) is 0 Å². The number of carbonyl (C=O) groups is 2. The summed E-state index contributed by atoms with van der Waals surface area (Å²) in [5, 5.41) is 12.0. The van der Waals surface area contributed by atoms with Gasteiger partial charge in [-0.1, -0.05) is 19.1 Å². The second-order valence-electron chi connectivity index (χ2n) is 5.74. The molecule has 1 unspecified atom stereocenters. The molecule has 0 spiro atoms. The zero-order chi connectivity index (χ0) is 16.7. The summed E-state index contributed by atoms with van der Waals surface area (Å²) in [6.45, 7) is 3.91. The SMILES string of the molecule is CCCOc1cccc(CNC(=O)CN2CCCC2C(=O)O)c1.Cl. The highest BCUT2D eigenvalue weighted by molar-refractivity contribution is 5.85. The molecule has 0 aliphatic carbocycles. The molecule has 1 fully saturated rings. The average Bonchev–Trinajstić information content (AvgIpc) is 2.99. The van der Waals surface area contributed by atoms with Crippen molar-refractivity contribution >= 4 is 24.3 Å². The first-order chi connectivity index (χ1) is 11.1. The fourth-order valence-electron chi connectivity index (χ4n) is 2.70. The summed E-state index contributed by atoms with van der Waals surface area (Å²) in [4.78, 5) is 24.9.